The quantitative estimate of drug-likeness (QED) is 0.513. The normalized spacial score (nSPS) is 19.5. The molecular formula is C18H15BrINO3. The molecule has 3 rings (SSSR count). The second-order valence-electron chi connectivity index (χ2n) is 5.68. The first-order valence-corrected chi connectivity index (χ1v) is 9.37. The Kier molecular flexibility index (Phi) is 4.81. The first kappa shape index (κ1) is 17.6. The first-order chi connectivity index (χ1) is 11.4. The standard InChI is InChI=1S/C18H15BrINO3/c1-2-21-15-8-5-12(19)9-14(15)18(24,17(21)23)10-16(22)11-3-6-13(20)7-4-11/h3-9,24H,2,10H2,1H3. The van der Waals surface area contributed by atoms with Crippen molar-refractivity contribution in [3.63, 3.8) is 0 Å². The molecule has 2 aromatic carbocycles. The molecule has 4 nitrogen and oxygen atoms in total. The monoisotopic (exact) mass is 499 g/mol. The molecule has 1 heterocycles. The molecule has 124 valence electrons. The summed E-state index contributed by atoms with van der Waals surface area (Å²) in [6.45, 7) is 2.28. The van der Waals surface area contributed by atoms with Gasteiger partial charge in [0.25, 0.3) is 5.91 Å². The van der Waals surface area contributed by atoms with Gasteiger partial charge in [-0.1, -0.05) is 28.1 Å². The Bertz CT molecular complexity index is 822. The minimum Gasteiger partial charge on any atom is -0.375 e. The Morgan fingerprint density at radius 2 is 1.92 bits per heavy atom. The van der Waals surface area contributed by atoms with Crippen molar-refractivity contribution in [3.8, 4) is 0 Å². The second-order valence-corrected chi connectivity index (χ2v) is 7.84. The molecule has 0 fully saturated rings. The van der Waals surface area contributed by atoms with Crippen LogP contribution >= 0.6 is 38.5 Å². The van der Waals surface area contributed by atoms with E-state index in [2.05, 4.69) is 38.5 Å². The van der Waals surface area contributed by atoms with Gasteiger partial charge < -0.3 is 10.0 Å². The SMILES string of the molecule is CCN1C(=O)C(O)(CC(=O)c2ccc(I)cc2)c2cc(Br)ccc21. The minimum absolute atomic E-state index is 0.258. The Labute approximate surface area is 162 Å². The maximum absolute atomic E-state index is 12.8. The number of hydrogen-bond donors (Lipinski definition) is 1. The molecule has 0 aromatic heterocycles. The molecule has 0 aliphatic carbocycles. The number of halogens is 2. The molecule has 24 heavy (non-hydrogen) atoms. The number of carbonyl (C=O) groups excluding carboxylic acids is 2. The molecule has 1 aliphatic heterocycles. The summed E-state index contributed by atoms with van der Waals surface area (Å²) in [6, 6.07) is 12.4. The second kappa shape index (κ2) is 6.57. The minimum atomic E-state index is -1.82. The van der Waals surface area contributed by atoms with E-state index in [0.717, 1.165) is 8.04 Å². The zero-order valence-corrected chi connectivity index (χ0v) is 16.7. The number of anilines is 1. The molecular weight excluding hydrogens is 485 g/mol. The van der Waals surface area contributed by atoms with E-state index in [4.69, 9.17) is 0 Å². The van der Waals surface area contributed by atoms with E-state index in [0.29, 0.717) is 23.4 Å². The highest BCUT2D eigenvalue weighted by atomic mass is 127. The largest absolute Gasteiger partial charge is 0.375 e. The smallest absolute Gasteiger partial charge is 0.264 e. The number of hydrogen-bond acceptors (Lipinski definition) is 3. The zero-order chi connectivity index (χ0) is 17.5. The van der Waals surface area contributed by atoms with Gasteiger partial charge >= 0.3 is 0 Å². The van der Waals surface area contributed by atoms with Gasteiger partial charge in [-0.2, -0.15) is 0 Å². The maximum Gasteiger partial charge on any atom is 0.264 e. The van der Waals surface area contributed by atoms with Crippen LogP contribution in [0.25, 0.3) is 0 Å². The van der Waals surface area contributed by atoms with Gasteiger partial charge in [0.1, 0.15) is 0 Å². The third-order valence-electron chi connectivity index (χ3n) is 4.19. The lowest BCUT2D eigenvalue weighted by atomic mass is 9.88. The predicted octanol–water partition coefficient (Wildman–Crippen LogP) is 3.88. The lowest BCUT2D eigenvalue weighted by molar-refractivity contribution is -0.135. The summed E-state index contributed by atoms with van der Waals surface area (Å²) in [7, 11) is 0. The van der Waals surface area contributed by atoms with Crippen molar-refractivity contribution in [1.29, 1.82) is 0 Å². The third-order valence-corrected chi connectivity index (χ3v) is 5.41. The number of carbonyl (C=O) groups is 2. The average molecular weight is 500 g/mol. The summed E-state index contributed by atoms with van der Waals surface area (Å²) >= 11 is 5.53. The molecule has 2 aromatic rings. The number of fused-ring (bicyclic) bond motifs is 1. The highest BCUT2D eigenvalue weighted by Crippen LogP contribution is 2.43. The van der Waals surface area contributed by atoms with E-state index in [1.54, 1.807) is 24.3 Å². The van der Waals surface area contributed by atoms with E-state index in [1.807, 2.05) is 25.1 Å². The van der Waals surface area contributed by atoms with E-state index in [1.165, 1.54) is 4.90 Å². The predicted molar refractivity (Wildman–Crippen MR) is 104 cm³/mol. The van der Waals surface area contributed by atoms with Crippen molar-refractivity contribution in [3.05, 3.63) is 61.6 Å². The van der Waals surface area contributed by atoms with Gasteiger partial charge in [0, 0.05) is 25.7 Å². The fourth-order valence-corrected chi connectivity index (χ4v) is 3.70. The van der Waals surface area contributed by atoms with Crippen LogP contribution in [0.1, 0.15) is 29.3 Å². The van der Waals surface area contributed by atoms with Gasteiger partial charge in [0.05, 0.1) is 12.1 Å². The molecule has 1 aliphatic rings. The van der Waals surface area contributed by atoms with Gasteiger partial charge in [-0.15, -0.1) is 0 Å². The fraction of sp³-hybridized carbons (Fsp3) is 0.222. The summed E-state index contributed by atoms with van der Waals surface area (Å²) in [5, 5.41) is 11.1. The summed E-state index contributed by atoms with van der Waals surface area (Å²) < 4.78 is 1.78. The third kappa shape index (κ3) is 2.91. The number of ketones is 1. The van der Waals surface area contributed by atoms with Crippen LogP contribution in [0, 0.1) is 3.57 Å². The Balaban J connectivity index is 2.00. The molecule has 1 N–H and O–H groups in total. The molecule has 1 amide bonds. The number of aliphatic hydroxyl groups is 1. The molecule has 1 atom stereocenters. The van der Waals surface area contributed by atoms with Gasteiger partial charge in [-0.05, 0) is 59.8 Å². The summed E-state index contributed by atoms with van der Waals surface area (Å²) in [4.78, 5) is 26.9. The maximum atomic E-state index is 12.8. The van der Waals surface area contributed by atoms with E-state index in [9.17, 15) is 14.7 Å². The molecule has 0 radical (unpaired) electrons. The van der Waals surface area contributed by atoms with Crippen LogP contribution in [0.5, 0.6) is 0 Å². The Morgan fingerprint density at radius 1 is 1.25 bits per heavy atom. The highest BCUT2D eigenvalue weighted by Gasteiger charge is 2.50. The van der Waals surface area contributed by atoms with Crippen molar-refractivity contribution in [1.82, 2.24) is 0 Å². The number of likely N-dealkylation sites (N-methyl/N-ethyl adjacent to an activating group) is 1. The topological polar surface area (TPSA) is 57.6 Å². The van der Waals surface area contributed by atoms with Crippen LogP contribution in [0.15, 0.2) is 46.9 Å². The molecule has 0 saturated carbocycles. The van der Waals surface area contributed by atoms with Crippen LogP contribution in [0.2, 0.25) is 0 Å². The zero-order valence-electron chi connectivity index (χ0n) is 12.9. The van der Waals surface area contributed by atoms with Crippen LogP contribution in [-0.4, -0.2) is 23.3 Å². The van der Waals surface area contributed by atoms with E-state index < -0.39 is 11.5 Å². The lowest BCUT2D eigenvalue weighted by Gasteiger charge is -2.22. The number of Topliss-reactive ketones (excluding diaryl/α,β-unsaturated/α-hetero) is 1. The van der Waals surface area contributed by atoms with Crippen molar-refractivity contribution in [2.45, 2.75) is 18.9 Å². The van der Waals surface area contributed by atoms with Gasteiger partial charge in [0.15, 0.2) is 11.4 Å². The molecule has 0 spiro atoms. The van der Waals surface area contributed by atoms with E-state index in [-0.39, 0.29) is 12.2 Å². The average Bonchev–Trinajstić information content (AvgIpc) is 2.76. The number of nitrogens with zero attached hydrogens (tertiary/aromatic N) is 1. The summed E-state index contributed by atoms with van der Waals surface area (Å²) in [6.07, 6.45) is -0.271. The molecule has 0 saturated heterocycles. The molecule has 1 unspecified atom stereocenters. The Hall–Kier alpha value is -1.25. The number of amides is 1. The van der Waals surface area contributed by atoms with Crippen LogP contribution in [0.4, 0.5) is 5.69 Å². The molecule has 0 bridgehead atoms. The summed E-state index contributed by atoms with van der Waals surface area (Å²) in [5.74, 6) is -0.705. The van der Waals surface area contributed by atoms with Crippen LogP contribution in [0.3, 0.4) is 0 Å². The van der Waals surface area contributed by atoms with Gasteiger partial charge in [-0.25, -0.2) is 0 Å². The van der Waals surface area contributed by atoms with Crippen LogP contribution in [-0.2, 0) is 10.4 Å². The lowest BCUT2D eigenvalue weighted by Crippen LogP contribution is -2.41. The van der Waals surface area contributed by atoms with Gasteiger partial charge in [-0.3, -0.25) is 9.59 Å². The fourth-order valence-electron chi connectivity index (χ4n) is 2.98. The van der Waals surface area contributed by atoms with Crippen LogP contribution < -0.4 is 4.90 Å². The number of rotatable bonds is 4. The van der Waals surface area contributed by atoms with Crippen molar-refractivity contribution in [2.24, 2.45) is 0 Å². The van der Waals surface area contributed by atoms with Crippen molar-refractivity contribution >= 4 is 55.9 Å². The van der Waals surface area contributed by atoms with Crippen molar-refractivity contribution in [2.75, 3.05) is 11.4 Å². The van der Waals surface area contributed by atoms with Gasteiger partial charge in [0.2, 0.25) is 0 Å². The first-order valence-electron chi connectivity index (χ1n) is 7.50. The Morgan fingerprint density at radius 3 is 2.54 bits per heavy atom. The van der Waals surface area contributed by atoms with E-state index >= 15 is 0 Å². The summed E-state index contributed by atoms with van der Waals surface area (Å²) in [5.41, 5.74) is -0.204. The number of benzene rings is 2. The molecule has 6 heteroatoms. The van der Waals surface area contributed by atoms with Crippen molar-refractivity contribution < 1.29 is 14.7 Å². The highest BCUT2D eigenvalue weighted by molar-refractivity contribution is 14.1.